The van der Waals surface area contributed by atoms with E-state index in [9.17, 15) is 9.59 Å². The van der Waals surface area contributed by atoms with Crippen LogP contribution in [0.15, 0.2) is 53.6 Å². The number of nitrogens with zero attached hydrogens (tertiary/aromatic N) is 2. The molecule has 0 saturated heterocycles. The Balaban J connectivity index is 1.70. The van der Waals surface area contributed by atoms with Gasteiger partial charge in [0.25, 0.3) is 5.91 Å². The highest BCUT2D eigenvalue weighted by Gasteiger charge is 2.13. The topological polar surface area (TPSA) is 87.7 Å². The standard InChI is InChI=1S/C18H15ClN4O2/c1-11-17(13(19)7-8-20-11)18(25)22-10-12-5-6-14(21-9-12)15-3-2-4-16(24)23-15/h2-9H,10H2,1H3,(H,22,25)(H,23,24). The Hall–Kier alpha value is -2.99. The number of amides is 1. The summed E-state index contributed by atoms with van der Waals surface area (Å²) in [6, 6.07) is 10.1. The minimum atomic E-state index is -0.285. The van der Waals surface area contributed by atoms with Crippen LogP contribution in [0.2, 0.25) is 5.02 Å². The lowest BCUT2D eigenvalue weighted by Gasteiger charge is -2.09. The highest BCUT2D eigenvalue weighted by Crippen LogP contribution is 2.17. The number of pyridine rings is 3. The Morgan fingerprint density at radius 2 is 2.04 bits per heavy atom. The first-order chi connectivity index (χ1) is 12.0. The molecule has 0 aromatic carbocycles. The number of aromatic nitrogens is 3. The molecule has 0 bridgehead atoms. The quantitative estimate of drug-likeness (QED) is 0.754. The molecule has 0 fully saturated rings. The maximum Gasteiger partial charge on any atom is 0.254 e. The third kappa shape index (κ3) is 3.92. The van der Waals surface area contributed by atoms with Gasteiger partial charge in [0.2, 0.25) is 5.56 Å². The second-order valence-electron chi connectivity index (χ2n) is 5.42. The van der Waals surface area contributed by atoms with Crippen molar-refractivity contribution in [2.45, 2.75) is 13.5 Å². The van der Waals surface area contributed by atoms with Crippen molar-refractivity contribution in [2.75, 3.05) is 0 Å². The summed E-state index contributed by atoms with van der Waals surface area (Å²) in [5.74, 6) is -0.285. The molecule has 3 heterocycles. The van der Waals surface area contributed by atoms with Crippen LogP contribution in [-0.4, -0.2) is 20.9 Å². The van der Waals surface area contributed by atoms with Crippen LogP contribution in [0.5, 0.6) is 0 Å². The molecule has 2 N–H and O–H groups in total. The Kier molecular flexibility index (Phi) is 4.90. The van der Waals surface area contributed by atoms with Gasteiger partial charge in [-0.1, -0.05) is 23.7 Å². The zero-order chi connectivity index (χ0) is 17.8. The van der Waals surface area contributed by atoms with Crippen molar-refractivity contribution in [3.8, 4) is 11.4 Å². The molecule has 0 radical (unpaired) electrons. The predicted octanol–water partition coefficient (Wildman–Crippen LogP) is 2.72. The van der Waals surface area contributed by atoms with Crippen molar-refractivity contribution in [3.63, 3.8) is 0 Å². The number of aryl methyl sites for hydroxylation is 1. The highest BCUT2D eigenvalue weighted by atomic mass is 35.5. The molecule has 3 rings (SSSR count). The van der Waals surface area contributed by atoms with E-state index in [1.807, 2.05) is 6.07 Å². The van der Waals surface area contributed by atoms with E-state index in [4.69, 9.17) is 11.6 Å². The van der Waals surface area contributed by atoms with Gasteiger partial charge in [0, 0.05) is 25.0 Å². The van der Waals surface area contributed by atoms with Crippen LogP contribution in [0.4, 0.5) is 0 Å². The Bertz CT molecular complexity index is 947. The first-order valence-electron chi connectivity index (χ1n) is 7.58. The molecule has 25 heavy (non-hydrogen) atoms. The van der Waals surface area contributed by atoms with Gasteiger partial charge in [-0.15, -0.1) is 0 Å². The van der Waals surface area contributed by atoms with E-state index < -0.39 is 0 Å². The number of nitrogens with one attached hydrogen (secondary N) is 2. The summed E-state index contributed by atoms with van der Waals surface area (Å²) in [4.78, 5) is 34.8. The maximum absolute atomic E-state index is 12.3. The average Bonchev–Trinajstić information content (AvgIpc) is 2.60. The second kappa shape index (κ2) is 7.27. The monoisotopic (exact) mass is 354 g/mol. The zero-order valence-corrected chi connectivity index (χ0v) is 14.2. The number of H-pyrrole nitrogens is 1. The summed E-state index contributed by atoms with van der Waals surface area (Å²) in [5.41, 5.74) is 2.88. The number of hydrogen-bond donors (Lipinski definition) is 2. The fourth-order valence-electron chi connectivity index (χ4n) is 2.36. The Morgan fingerprint density at radius 1 is 1.20 bits per heavy atom. The second-order valence-corrected chi connectivity index (χ2v) is 5.82. The van der Waals surface area contributed by atoms with Crippen molar-refractivity contribution in [2.24, 2.45) is 0 Å². The van der Waals surface area contributed by atoms with Crippen LogP contribution in [0.3, 0.4) is 0 Å². The van der Waals surface area contributed by atoms with Gasteiger partial charge in [-0.25, -0.2) is 0 Å². The summed E-state index contributed by atoms with van der Waals surface area (Å²) < 4.78 is 0. The van der Waals surface area contributed by atoms with Crippen LogP contribution >= 0.6 is 11.6 Å². The maximum atomic E-state index is 12.3. The SMILES string of the molecule is Cc1nccc(Cl)c1C(=O)NCc1ccc(-c2cccc(=O)[nH]2)nc1. The summed E-state index contributed by atoms with van der Waals surface area (Å²) in [5, 5.41) is 3.17. The van der Waals surface area contributed by atoms with E-state index in [0.29, 0.717) is 34.2 Å². The minimum Gasteiger partial charge on any atom is -0.348 e. The molecule has 0 spiro atoms. The lowest BCUT2D eigenvalue weighted by molar-refractivity contribution is 0.0950. The van der Waals surface area contributed by atoms with Crippen LogP contribution < -0.4 is 10.9 Å². The van der Waals surface area contributed by atoms with E-state index in [1.165, 1.54) is 6.07 Å². The average molecular weight is 355 g/mol. The molecule has 1 amide bonds. The van der Waals surface area contributed by atoms with E-state index in [0.717, 1.165) is 5.56 Å². The molecule has 0 atom stereocenters. The molecule has 0 aliphatic carbocycles. The third-order valence-corrected chi connectivity index (χ3v) is 3.95. The van der Waals surface area contributed by atoms with Crippen LogP contribution in [0.1, 0.15) is 21.6 Å². The summed E-state index contributed by atoms with van der Waals surface area (Å²) >= 11 is 6.07. The predicted molar refractivity (Wildman–Crippen MR) is 95.4 cm³/mol. The van der Waals surface area contributed by atoms with Crippen LogP contribution in [0.25, 0.3) is 11.4 Å². The van der Waals surface area contributed by atoms with Gasteiger partial charge < -0.3 is 10.3 Å². The highest BCUT2D eigenvalue weighted by molar-refractivity contribution is 6.33. The fourth-order valence-corrected chi connectivity index (χ4v) is 2.64. The number of hydrogen-bond acceptors (Lipinski definition) is 4. The van der Waals surface area contributed by atoms with E-state index in [1.54, 1.807) is 43.6 Å². The number of carbonyl (C=O) groups is 1. The molecule has 7 heteroatoms. The fraction of sp³-hybridized carbons (Fsp3) is 0.111. The van der Waals surface area contributed by atoms with Gasteiger partial charge >= 0.3 is 0 Å². The number of halogens is 1. The molecule has 3 aromatic rings. The minimum absolute atomic E-state index is 0.181. The van der Waals surface area contributed by atoms with Crippen molar-refractivity contribution in [3.05, 3.63) is 81.0 Å². The largest absolute Gasteiger partial charge is 0.348 e. The van der Waals surface area contributed by atoms with E-state index in [2.05, 4.69) is 20.3 Å². The molecule has 6 nitrogen and oxygen atoms in total. The zero-order valence-electron chi connectivity index (χ0n) is 13.4. The number of aromatic amines is 1. The first-order valence-corrected chi connectivity index (χ1v) is 7.96. The van der Waals surface area contributed by atoms with E-state index >= 15 is 0 Å². The Labute approximate surface area is 148 Å². The molecule has 3 aromatic heterocycles. The number of carbonyl (C=O) groups excluding carboxylic acids is 1. The van der Waals surface area contributed by atoms with Crippen molar-refractivity contribution >= 4 is 17.5 Å². The van der Waals surface area contributed by atoms with Crippen LogP contribution in [0, 0.1) is 6.92 Å². The summed E-state index contributed by atoms with van der Waals surface area (Å²) in [6.07, 6.45) is 3.21. The van der Waals surface area contributed by atoms with Gasteiger partial charge in [0.15, 0.2) is 0 Å². The molecular formula is C18H15ClN4O2. The van der Waals surface area contributed by atoms with Crippen LogP contribution in [-0.2, 0) is 6.54 Å². The smallest absolute Gasteiger partial charge is 0.254 e. The Morgan fingerprint density at radius 3 is 2.72 bits per heavy atom. The van der Waals surface area contributed by atoms with Gasteiger partial charge in [-0.05, 0) is 30.7 Å². The molecule has 126 valence electrons. The van der Waals surface area contributed by atoms with Crippen molar-refractivity contribution < 1.29 is 4.79 Å². The van der Waals surface area contributed by atoms with E-state index in [-0.39, 0.29) is 11.5 Å². The van der Waals surface area contributed by atoms with Gasteiger partial charge in [0.1, 0.15) is 0 Å². The molecular weight excluding hydrogens is 340 g/mol. The molecule has 0 aliphatic rings. The van der Waals surface area contributed by atoms with Gasteiger partial charge in [-0.3, -0.25) is 19.6 Å². The first kappa shape index (κ1) is 16.9. The molecule has 0 unspecified atom stereocenters. The normalized spacial score (nSPS) is 10.5. The molecule has 0 aliphatic heterocycles. The lowest BCUT2D eigenvalue weighted by atomic mass is 10.1. The third-order valence-electron chi connectivity index (χ3n) is 3.64. The van der Waals surface area contributed by atoms with Crippen molar-refractivity contribution in [1.29, 1.82) is 0 Å². The molecule has 0 saturated carbocycles. The summed E-state index contributed by atoms with van der Waals surface area (Å²) in [7, 11) is 0. The number of rotatable bonds is 4. The van der Waals surface area contributed by atoms with Crippen molar-refractivity contribution in [1.82, 2.24) is 20.3 Å². The van der Waals surface area contributed by atoms with Gasteiger partial charge in [-0.2, -0.15) is 0 Å². The lowest BCUT2D eigenvalue weighted by Crippen LogP contribution is -2.24. The summed E-state index contributed by atoms with van der Waals surface area (Å²) in [6.45, 7) is 2.04. The van der Waals surface area contributed by atoms with Gasteiger partial charge in [0.05, 0.1) is 27.7 Å².